The van der Waals surface area contributed by atoms with Gasteiger partial charge in [-0.05, 0) is 18.8 Å². The maximum absolute atomic E-state index is 10.5. The van der Waals surface area contributed by atoms with Crippen molar-refractivity contribution in [3.8, 4) is 0 Å². The molecule has 0 aliphatic heterocycles. The SMILES string of the molecule is CC1CCCC(O)(CNc2ncnc(Cl)c2N)C1. The maximum Gasteiger partial charge on any atom is 0.157 e. The Hall–Kier alpha value is -1.07. The van der Waals surface area contributed by atoms with Crippen molar-refractivity contribution in [2.45, 2.75) is 38.2 Å². The summed E-state index contributed by atoms with van der Waals surface area (Å²) in [6.45, 7) is 2.61. The van der Waals surface area contributed by atoms with E-state index in [2.05, 4.69) is 22.2 Å². The number of nitrogens with zero attached hydrogens (tertiary/aromatic N) is 2. The fourth-order valence-corrected chi connectivity index (χ4v) is 2.69. The van der Waals surface area contributed by atoms with Crippen molar-refractivity contribution in [1.29, 1.82) is 0 Å². The van der Waals surface area contributed by atoms with Gasteiger partial charge in [0.05, 0.1) is 5.60 Å². The molecule has 1 aliphatic rings. The highest BCUT2D eigenvalue weighted by molar-refractivity contribution is 6.32. The van der Waals surface area contributed by atoms with Crippen LogP contribution in [0.5, 0.6) is 0 Å². The van der Waals surface area contributed by atoms with Crippen LogP contribution in [0.4, 0.5) is 11.5 Å². The van der Waals surface area contributed by atoms with Crippen molar-refractivity contribution in [2.75, 3.05) is 17.6 Å². The molecule has 1 aromatic rings. The van der Waals surface area contributed by atoms with E-state index >= 15 is 0 Å². The van der Waals surface area contributed by atoms with Crippen molar-refractivity contribution >= 4 is 23.1 Å². The molecule has 1 aromatic heterocycles. The van der Waals surface area contributed by atoms with E-state index in [0.717, 1.165) is 19.3 Å². The van der Waals surface area contributed by atoms with E-state index < -0.39 is 5.60 Å². The van der Waals surface area contributed by atoms with Crippen molar-refractivity contribution in [3.63, 3.8) is 0 Å². The minimum atomic E-state index is -0.679. The smallest absolute Gasteiger partial charge is 0.157 e. The Morgan fingerprint density at radius 3 is 3.11 bits per heavy atom. The molecule has 0 spiro atoms. The highest BCUT2D eigenvalue weighted by Gasteiger charge is 2.32. The highest BCUT2D eigenvalue weighted by atomic mass is 35.5. The lowest BCUT2D eigenvalue weighted by atomic mass is 9.79. The first-order valence-corrected chi connectivity index (χ1v) is 6.60. The minimum Gasteiger partial charge on any atom is -0.393 e. The Kier molecular flexibility index (Phi) is 3.92. The van der Waals surface area contributed by atoms with E-state index in [1.54, 1.807) is 0 Å². The summed E-state index contributed by atoms with van der Waals surface area (Å²) in [5.41, 5.74) is 5.41. The molecule has 0 saturated heterocycles. The summed E-state index contributed by atoms with van der Waals surface area (Å²) in [6.07, 6.45) is 5.21. The number of nitrogen functional groups attached to an aromatic ring is 1. The van der Waals surface area contributed by atoms with Crippen LogP contribution >= 0.6 is 11.6 Å². The van der Waals surface area contributed by atoms with Gasteiger partial charge in [-0.1, -0.05) is 31.4 Å². The van der Waals surface area contributed by atoms with Crippen LogP contribution in [-0.2, 0) is 0 Å². The topological polar surface area (TPSA) is 84.1 Å². The fourth-order valence-electron chi connectivity index (χ4n) is 2.56. The molecule has 1 aliphatic carbocycles. The van der Waals surface area contributed by atoms with Gasteiger partial charge in [-0.3, -0.25) is 0 Å². The van der Waals surface area contributed by atoms with E-state index in [-0.39, 0.29) is 5.15 Å². The lowest BCUT2D eigenvalue weighted by Gasteiger charge is -2.35. The van der Waals surface area contributed by atoms with Gasteiger partial charge in [0, 0.05) is 6.54 Å². The first kappa shape index (κ1) is 13.4. The van der Waals surface area contributed by atoms with Crippen molar-refractivity contribution in [2.24, 2.45) is 5.92 Å². The molecule has 1 heterocycles. The van der Waals surface area contributed by atoms with Crippen LogP contribution in [0, 0.1) is 5.92 Å². The number of nitrogens with two attached hydrogens (primary N) is 1. The Bertz CT molecular complexity index is 429. The Morgan fingerprint density at radius 1 is 1.61 bits per heavy atom. The summed E-state index contributed by atoms with van der Waals surface area (Å²) < 4.78 is 0. The highest BCUT2D eigenvalue weighted by Crippen LogP contribution is 2.32. The third kappa shape index (κ3) is 3.03. The summed E-state index contributed by atoms with van der Waals surface area (Å²) in [7, 11) is 0. The van der Waals surface area contributed by atoms with Gasteiger partial charge in [0.15, 0.2) is 11.0 Å². The zero-order chi connectivity index (χ0) is 13.2. The Labute approximate surface area is 112 Å². The largest absolute Gasteiger partial charge is 0.393 e. The minimum absolute atomic E-state index is 0.233. The van der Waals surface area contributed by atoms with E-state index in [1.165, 1.54) is 12.7 Å². The summed E-state index contributed by atoms with van der Waals surface area (Å²) in [5, 5.41) is 13.8. The number of nitrogens with one attached hydrogen (secondary N) is 1. The standard InChI is InChI=1S/C12H19ClN4O/c1-8-3-2-4-12(18,5-8)6-15-11-9(14)10(13)16-7-17-11/h7-8,18H,2-6,14H2,1H3,(H,15,16,17). The normalized spacial score (nSPS) is 28.1. The summed E-state index contributed by atoms with van der Waals surface area (Å²) in [4.78, 5) is 7.82. The predicted molar refractivity (Wildman–Crippen MR) is 72.5 cm³/mol. The molecule has 2 unspecified atom stereocenters. The molecule has 100 valence electrons. The number of anilines is 2. The summed E-state index contributed by atoms with van der Waals surface area (Å²) in [5.74, 6) is 1.04. The molecule has 18 heavy (non-hydrogen) atoms. The number of hydrogen-bond donors (Lipinski definition) is 3. The van der Waals surface area contributed by atoms with Gasteiger partial charge >= 0.3 is 0 Å². The third-order valence-electron chi connectivity index (χ3n) is 3.49. The van der Waals surface area contributed by atoms with Crippen LogP contribution in [0.15, 0.2) is 6.33 Å². The first-order valence-electron chi connectivity index (χ1n) is 6.22. The van der Waals surface area contributed by atoms with Gasteiger partial charge in [0.25, 0.3) is 0 Å². The fraction of sp³-hybridized carbons (Fsp3) is 0.667. The van der Waals surface area contributed by atoms with Crippen LogP contribution in [0.2, 0.25) is 5.15 Å². The zero-order valence-electron chi connectivity index (χ0n) is 10.5. The Balaban J connectivity index is 2.00. The first-order chi connectivity index (χ1) is 8.50. The van der Waals surface area contributed by atoms with Gasteiger partial charge in [-0.2, -0.15) is 0 Å². The van der Waals surface area contributed by atoms with Gasteiger partial charge < -0.3 is 16.2 Å². The van der Waals surface area contributed by atoms with Gasteiger partial charge in [0.2, 0.25) is 0 Å². The number of halogens is 1. The molecule has 2 rings (SSSR count). The molecule has 1 saturated carbocycles. The van der Waals surface area contributed by atoms with Crippen molar-refractivity contribution in [1.82, 2.24) is 9.97 Å². The average Bonchev–Trinajstić information content (AvgIpc) is 2.31. The second-order valence-corrected chi connectivity index (χ2v) is 5.56. The molecule has 6 heteroatoms. The Morgan fingerprint density at radius 2 is 2.39 bits per heavy atom. The number of rotatable bonds is 3. The number of hydrogen-bond acceptors (Lipinski definition) is 5. The molecular weight excluding hydrogens is 252 g/mol. The number of aliphatic hydroxyl groups is 1. The van der Waals surface area contributed by atoms with E-state index in [1.807, 2.05) is 0 Å². The molecule has 0 amide bonds. The molecule has 0 aromatic carbocycles. The molecule has 0 radical (unpaired) electrons. The van der Waals surface area contributed by atoms with Crippen LogP contribution in [0.3, 0.4) is 0 Å². The lowest BCUT2D eigenvalue weighted by molar-refractivity contribution is -0.000813. The second-order valence-electron chi connectivity index (χ2n) is 5.21. The third-order valence-corrected chi connectivity index (χ3v) is 3.79. The lowest BCUT2D eigenvalue weighted by Crippen LogP contribution is -2.41. The van der Waals surface area contributed by atoms with Crippen LogP contribution in [0.1, 0.15) is 32.6 Å². The average molecular weight is 271 g/mol. The van der Waals surface area contributed by atoms with Gasteiger partial charge in [0.1, 0.15) is 12.0 Å². The monoisotopic (exact) mass is 270 g/mol. The van der Waals surface area contributed by atoms with Crippen LogP contribution in [0.25, 0.3) is 0 Å². The molecule has 2 atom stereocenters. The molecular formula is C12H19ClN4O. The second kappa shape index (κ2) is 5.28. The van der Waals surface area contributed by atoms with Crippen molar-refractivity contribution in [3.05, 3.63) is 11.5 Å². The molecule has 4 N–H and O–H groups in total. The summed E-state index contributed by atoms with van der Waals surface area (Å²) >= 11 is 5.81. The zero-order valence-corrected chi connectivity index (χ0v) is 11.2. The molecule has 1 fully saturated rings. The van der Waals surface area contributed by atoms with E-state index in [4.69, 9.17) is 17.3 Å². The summed E-state index contributed by atoms with van der Waals surface area (Å²) in [6, 6.07) is 0. The van der Waals surface area contributed by atoms with Crippen molar-refractivity contribution < 1.29 is 5.11 Å². The van der Waals surface area contributed by atoms with Gasteiger partial charge in [-0.15, -0.1) is 0 Å². The number of aromatic nitrogens is 2. The van der Waals surface area contributed by atoms with Gasteiger partial charge in [-0.25, -0.2) is 9.97 Å². The van der Waals surface area contributed by atoms with Crippen LogP contribution < -0.4 is 11.1 Å². The van der Waals surface area contributed by atoms with E-state index in [9.17, 15) is 5.11 Å². The quantitative estimate of drug-likeness (QED) is 0.732. The van der Waals surface area contributed by atoms with Crippen LogP contribution in [-0.4, -0.2) is 27.2 Å². The molecule has 0 bridgehead atoms. The maximum atomic E-state index is 10.5. The van der Waals surface area contributed by atoms with E-state index in [0.29, 0.717) is 24.0 Å². The predicted octanol–water partition coefficient (Wildman–Crippen LogP) is 2.07. The molecule has 5 nitrogen and oxygen atoms in total.